The molecule has 0 saturated heterocycles. The lowest BCUT2D eigenvalue weighted by Crippen LogP contribution is -1.90. The van der Waals surface area contributed by atoms with Crippen LogP contribution in [0.1, 0.15) is 11.1 Å². The minimum atomic E-state index is -0.339. The summed E-state index contributed by atoms with van der Waals surface area (Å²) in [5, 5.41) is 10.3. The van der Waals surface area contributed by atoms with Gasteiger partial charge in [0.25, 0.3) is 0 Å². The monoisotopic (exact) mass is 278 g/mol. The Bertz CT molecular complexity index is 593. The van der Waals surface area contributed by atoms with Gasteiger partial charge in [-0.1, -0.05) is 11.6 Å². The zero-order chi connectivity index (χ0) is 13.0. The van der Waals surface area contributed by atoms with Gasteiger partial charge in [0.1, 0.15) is 5.82 Å². The first-order chi connectivity index (χ1) is 8.69. The zero-order valence-electron chi connectivity index (χ0n) is 9.23. The molecule has 0 spiro atoms. The number of nitrogens with zero attached hydrogens (tertiary/aromatic N) is 2. The van der Waals surface area contributed by atoms with E-state index in [4.69, 9.17) is 16.9 Å². The van der Waals surface area contributed by atoms with Gasteiger partial charge < -0.3 is 0 Å². The number of aromatic nitrogens is 1. The Balaban J connectivity index is 2.13. The van der Waals surface area contributed by atoms with E-state index in [9.17, 15) is 4.39 Å². The van der Waals surface area contributed by atoms with Crippen LogP contribution in [0.5, 0.6) is 0 Å². The Hall–Kier alpha value is -1.57. The molecule has 5 heteroatoms. The summed E-state index contributed by atoms with van der Waals surface area (Å²) in [7, 11) is 0. The van der Waals surface area contributed by atoms with Crippen molar-refractivity contribution in [3.8, 4) is 6.07 Å². The molecule has 2 rings (SSSR count). The van der Waals surface area contributed by atoms with Crippen molar-refractivity contribution in [3.63, 3.8) is 0 Å². The first-order valence-electron chi connectivity index (χ1n) is 5.12. The summed E-state index contributed by atoms with van der Waals surface area (Å²) in [5.74, 6) is 0.156. The van der Waals surface area contributed by atoms with E-state index in [2.05, 4.69) is 4.98 Å². The summed E-state index contributed by atoms with van der Waals surface area (Å²) in [6.45, 7) is 0. The molecule has 0 unspecified atom stereocenters. The molecule has 0 aliphatic heterocycles. The molecule has 0 fully saturated rings. The molecule has 0 amide bonds. The highest BCUT2D eigenvalue weighted by Crippen LogP contribution is 2.24. The molecule has 1 heterocycles. The second kappa shape index (κ2) is 5.85. The number of hydrogen-bond donors (Lipinski definition) is 0. The van der Waals surface area contributed by atoms with Gasteiger partial charge in [-0.2, -0.15) is 5.26 Å². The van der Waals surface area contributed by atoms with Crippen LogP contribution in [-0.2, 0) is 5.75 Å². The topological polar surface area (TPSA) is 36.7 Å². The molecule has 0 bridgehead atoms. The van der Waals surface area contributed by atoms with Crippen LogP contribution >= 0.6 is 23.4 Å². The molecule has 0 aliphatic carbocycles. The summed E-state index contributed by atoms with van der Waals surface area (Å²) in [6, 6.07) is 9.73. The Morgan fingerprint density at radius 3 is 2.83 bits per heavy atom. The van der Waals surface area contributed by atoms with Gasteiger partial charge in [0.05, 0.1) is 21.7 Å². The maximum Gasteiger partial charge on any atom is 0.123 e. The fourth-order valence-electron chi connectivity index (χ4n) is 1.39. The Morgan fingerprint density at radius 2 is 2.17 bits per heavy atom. The van der Waals surface area contributed by atoms with Crippen molar-refractivity contribution in [2.75, 3.05) is 0 Å². The molecule has 2 aromatic rings. The molecular weight excluding hydrogens is 271 g/mol. The highest BCUT2D eigenvalue weighted by Gasteiger charge is 2.05. The van der Waals surface area contributed by atoms with E-state index in [-0.39, 0.29) is 5.82 Å². The predicted octanol–water partition coefficient (Wildman–Crippen LogP) is 4.04. The lowest BCUT2D eigenvalue weighted by atomic mass is 10.1. The fraction of sp³-hybridized carbons (Fsp3) is 0.0769. The van der Waals surface area contributed by atoms with Crippen LogP contribution in [0.3, 0.4) is 0 Å². The lowest BCUT2D eigenvalue weighted by molar-refractivity contribution is 0.626. The van der Waals surface area contributed by atoms with Crippen molar-refractivity contribution < 1.29 is 4.39 Å². The van der Waals surface area contributed by atoms with Crippen LogP contribution in [-0.4, -0.2) is 4.98 Å². The standard InChI is InChI=1S/C13H8ClFN2S/c14-11-2-4-13(17-7-11)18-8-10-5-12(15)3-1-9(10)6-16/h1-5,7H,8H2. The molecule has 0 atom stereocenters. The summed E-state index contributed by atoms with van der Waals surface area (Å²) in [6.07, 6.45) is 1.56. The summed E-state index contributed by atoms with van der Waals surface area (Å²) >= 11 is 7.17. The van der Waals surface area contributed by atoms with Crippen molar-refractivity contribution in [2.24, 2.45) is 0 Å². The molecule has 1 aromatic heterocycles. The molecule has 18 heavy (non-hydrogen) atoms. The van der Waals surface area contributed by atoms with Gasteiger partial charge in [-0.3, -0.25) is 0 Å². The number of nitriles is 1. The second-order valence-electron chi connectivity index (χ2n) is 3.52. The van der Waals surface area contributed by atoms with Gasteiger partial charge in [-0.25, -0.2) is 9.37 Å². The molecular formula is C13H8ClFN2S. The minimum Gasteiger partial charge on any atom is -0.248 e. The third kappa shape index (κ3) is 3.22. The van der Waals surface area contributed by atoms with Crippen molar-refractivity contribution in [1.29, 1.82) is 5.26 Å². The average molecular weight is 279 g/mol. The average Bonchev–Trinajstić information content (AvgIpc) is 2.38. The van der Waals surface area contributed by atoms with Crippen LogP contribution in [0, 0.1) is 17.1 Å². The van der Waals surface area contributed by atoms with Crippen molar-refractivity contribution in [1.82, 2.24) is 4.98 Å². The van der Waals surface area contributed by atoms with Crippen molar-refractivity contribution in [2.45, 2.75) is 10.8 Å². The van der Waals surface area contributed by atoms with Crippen LogP contribution in [0.25, 0.3) is 0 Å². The van der Waals surface area contributed by atoms with E-state index in [1.165, 1.54) is 30.0 Å². The van der Waals surface area contributed by atoms with Gasteiger partial charge in [-0.05, 0) is 35.9 Å². The number of halogens is 2. The fourth-order valence-corrected chi connectivity index (χ4v) is 2.34. The normalized spacial score (nSPS) is 10.1. The zero-order valence-corrected chi connectivity index (χ0v) is 10.8. The number of rotatable bonds is 3. The summed E-state index contributed by atoms with van der Waals surface area (Å²) in [4.78, 5) is 4.13. The van der Waals surface area contributed by atoms with Crippen molar-refractivity contribution in [3.05, 3.63) is 58.5 Å². The largest absolute Gasteiger partial charge is 0.248 e. The third-order valence-corrected chi connectivity index (χ3v) is 3.48. The van der Waals surface area contributed by atoms with E-state index >= 15 is 0 Å². The summed E-state index contributed by atoms with van der Waals surface area (Å²) in [5.41, 5.74) is 1.15. The Morgan fingerprint density at radius 1 is 1.33 bits per heavy atom. The number of hydrogen-bond acceptors (Lipinski definition) is 3. The smallest absolute Gasteiger partial charge is 0.123 e. The molecule has 0 saturated carbocycles. The van der Waals surface area contributed by atoms with Gasteiger partial charge in [0.2, 0.25) is 0 Å². The first kappa shape index (κ1) is 12.9. The van der Waals surface area contributed by atoms with Gasteiger partial charge in [-0.15, -0.1) is 11.8 Å². The molecule has 1 aromatic carbocycles. The minimum absolute atomic E-state index is 0.339. The van der Waals surface area contributed by atoms with Gasteiger partial charge in [0, 0.05) is 11.9 Å². The van der Waals surface area contributed by atoms with E-state index < -0.39 is 0 Å². The Labute approximate surface area is 113 Å². The SMILES string of the molecule is N#Cc1ccc(F)cc1CSc1ccc(Cl)cn1. The first-order valence-corrected chi connectivity index (χ1v) is 6.48. The molecule has 0 radical (unpaired) electrons. The molecule has 2 nitrogen and oxygen atoms in total. The highest BCUT2D eigenvalue weighted by molar-refractivity contribution is 7.98. The second-order valence-corrected chi connectivity index (χ2v) is 4.95. The Kier molecular flexibility index (Phi) is 4.19. The molecule has 0 N–H and O–H groups in total. The van der Waals surface area contributed by atoms with Crippen LogP contribution in [0.2, 0.25) is 5.02 Å². The predicted molar refractivity (Wildman–Crippen MR) is 69.9 cm³/mol. The van der Waals surface area contributed by atoms with Gasteiger partial charge >= 0.3 is 0 Å². The van der Waals surface area contributed by atoms with Crippen molar-refractivity contribution >= 4 is 23.4 Å². The number of pyridine rings is 1. The van der Waals surface area contributed by atoms with E-state index in [0.717, 1.165) is 5.03 Å². The number of thioether (sulfide) groups is 1. The maximum atomic E-state index is 13.1. The highest BCUT2D eigenvalue weighted by atomic mass is 35.5. The van der Waals surface area contributed by atoms with E-state index in [1.807, 2.05) is 6.07 Å². The molecule has 0 aliphatic rings. The maximum absolute atomic E-state index is 13.1. The lowest BCUT2D eigenvalue weighted by Gasteiger charge is -2.04. The van der Waals surface area contributed by atoms with Crippen LogP contribution in [0.15, 0.2) is 41.6 Å². The van der Waals surface area contributed by atoms with Crippen LogP contribution in [0.4, 0.5) is 4.39 Å². The number of benzene rings is 1. The van der Waals surface area contributed by atoms with Crippen LogP contribution < -0.4 is 0 Å². The van der Waals surface area contributed by atoms with Gasteiger partial charge in [0.15, 0.2) is 0 Å². The quantitative estimate of drug-likeness (QED) is 0.795. The third-order valence-electron chi connectivity index (χ3n) is 2.26. The summed E-state index contributed by atoms with van der Waals surface area (Å²) < 4.78 is 13.1. The molecule has 90 valence electrons. The van der Waals surface area contributed by atoms with E-state index in [1.54, 1.807) is 18.3 Å². The van der Waals surface area contributed by atoms with E-state index in [0.29, 0.717) is 21.9 Å².